The third-order valence-electron chi connectivity index (χ3n) is 3.76. The van der Waals surface area contributed by atoms with Crippen LogP contribution in [-0.2, 0) is 4.79 Å². The van der Waals surface area contributed by atoms with Gasteiger partial charge >= 0.3 is 0 Å². The largest absolute Gasteiger partial charge is 0.343 e. The zero-order chi connectivity index (χ0) is 16.1. The molecule has 7 heteroatoms. The number of halogens is 2. The molecule has 1 N–H and O–H groups in total. The van der Waals surface area contributed by atoms with Crippen LogP contribution in [0.5, 0.6) is 0 Å². The van der Waals surface area contributed by atoms with Crippen LogP contribution in [-0.4, -0.2) is 60.9 Å². The molecule has 1 heterocycles. The lowest BCUT2D eigenvalue weighted by Gasteiger charge is -2.34. The van der Waals surface area contributed by atoms with Crippen LogP contribution >= 0.6 is 11.6 Å². The summed E-state index contributed by atoms with van der Waals surface area (Å²) in [6.07, 6.45) is 0. The van der Waals surface area contributed by atoms with E-state index in [0.717, 1.165) is 25.7 Å². The number of amides is 2. The van der Waals surface area contributed by atoms with Gasteiger partial charge in [-0.25, -0.2) is 4.39 Å². The van der Waals surface area contributed by atoms with Crippen LogP contribution in [0.25, 0.3) is 0 Å². The van der Waals surface area contributed by atoms with Crippen molar-refractivity contribution in [2.75, 3.05) is 39.3 Å². The van der Waals surface area contributed by atoms with Crippen molar-refractivity contribution in [2.45, 2.75) is 6.92 Å². The zero-order valence-electron chi connectivity index (χ0n) is 12.4. The maximum Gasteiger partial charge on any atom is 0.256 e. The van der Waals surface area contributed by atoms with E-state index in [1.807, 2.05) is 0 Å². The number of likely N-dealkylation sites (N-methyl/N-ethyl adjacent to an activating group) is 1. The standard InChI is InChI=1S/C15H19ClFN3O2/c1-2-19-6-8-20(9-7-19)13(21)10-18-15(22)14-11(16)4-3-5-12(14)17/h3-5H,2,6-10H2,1H3,(H,18,22). The van der Waals surface area contributed by atoms with E-state index in [4.69, 9.17) is 11.6 Å². The lowest BCUT2D eigenvalue weighted by molar-refractivity contribution is -0.131. The molecule has 0 aromatic heterocycles. The maximum absolute atomic E-state index is 13.6. The Morgan fingerprint density at radius 1 is 1.27 bits per heavy atom. The molecule has 0 atom stereocenters. The third-order valence-corrected chi connectivity index (χ3v) is 4.08. The second-order valence-electron chi connectivity index (χ2n) is 5.09. The second kappa shape index (κ2) is 7.56. The predicted molar refractivity (Wildman–Crippen MR) is 82.4 cm³/mol. The monoisotopic (exact) mass is 327 g/mol. The minimum absolute atomic E-state index is 0.0292. The summed E-state index contributed by atoms with van der Waals surface area (Å²) in [5.41, 5.74) is -0.229. The van der Waals surface area contributed by atoms with Gasteiger partial charge in [0, 0.05) is 26.2 Å². The normalized spacial score (nSPS) is 15.7. The van der Waals surface area contributed by atoms with Gasteiger partial charge in [-0.15, -0.1) is 0 Å². The van der Waals surface area contributed by atoms with Crippen LogP contribution in [0.15, 0.2) is 18.2 Å². The number of carbonyl (C=O) groups excluding carboxylic acids is 2. The lowest BCUT2D eigenvalue weighted by Crippen LogP contribution is -2.51. The van der Waals surface area contributed by atoms with Gasteiger partial charge in [0.1, 0.15) is 5.82 Å². The van der Waals surface area contributed by atoms with E-state index < -0.39 is 11.7 Å². The van der Waals surface area contributed by atoms with E-state index in [0.29, 0.717) is 13.1 Å². The van der Waals surface area contributed by atoms with E-state index in [1.165, 1.54) is 12.1 Å². The number of hydrogen-bond donors (Lipinski definition) is 1. The fourth-order valence-corrected chi connectivity index (χ4v) is 2.63. The first-order valence-corrected chi connectivity index (χ1v) is 7.63. The van der Waals surface area contributed by atoms with Crippen molar-refractivity contribution in [3.8, 4) is 0 Å². The first-order chi connectivity index (χ1) is 10.5. The maximum atomic E-state index is 13.6. The lowest BCUT2D eigenvalue weighted by atomic mass is 10.2. The molecule has 0 spiro atoms. The van der Waals surface area contributed by atoms with Crippen molar-refractivity contribution in [3.63, 3.8) is 0 Å². The Hall–Kier alpha value is -1.66. The van der Waals surface area contributed by atoms with Crippen LogP contribution < -0.4 is 5.32 Å². The van der Waals surface area contributed by atoms with Crippen molar-refractivity contribution < 1.29 is 14.0 Å². The van der Waals surface area contributed by atoms with Gasteiger partial charge in [0.2, 0.25) is 5.91 Å². The Morgan fingerprint density at radius 2 is 1.95 bits per heavy atom. The molecule has 1 aliphatic heterocycles. The third kappa shape index (κ3) is 3.96. The molecule has 1 aliphatic rings. The molecule has 1 saturated heterocycles. The quantitative estimate of drug-likeness (QED) is 0.909. The summed E-state index contributed by atoms with van der Waals surface area (Å²) >= 11 is 5.82. The summed E-state index contributed by atoms with van der Waals surface area (Å²) < 4.78 is 13.6. The Balaban J connectivity index is 1.87. The average molecular weight is 328 g/mol. The summed E-state index contributed by atoms with van der Waals surface area (Å²) in [5, 5.41) is 2.46. The predicted octanol–water partition coefficient (Wildman–Crippen LogP) is 1.37. The Kier molecular flexibility index (Phi) is 5.74. The highest BCUT2D eigenvalue weighted by Gasteiger charge is 2.21. The highest BCUT2D eigenvalue weighted by molar-refractivity contribution is 6.33. The SMILES string of the molecule is CCN1CCN(C(=O)CNC(=O)c2c(F)cccc2Cl)CC1. The minimum Gasteiger partial charge on any atom is -0.343 e. The molecule has 0 bridgehead atoms. The zero-order valence-corrected chi connectivity index (χ0v) is 13.2. The Labute approximate surface area is 134 Å². The van der Waals surface area contributed by atoms with Crippen molar-refractivity contribution in [3.05, 3.63) is 34.6 Å². The number of carbonyl (C=O) groups is 2. The highest BCUT2D eigenvalue weighted by atomic mass is 35.5. The molecule has 0 saturated carbocycles. The van der Waals surface area contributed by atoms with Crippen LogP contribution in [0.4, 0.5) is 4.39 Å². The first kappa shape index (κ1) is 16.7. The molecule has 22 heavy (non-hydrogen) atoms. The van der Waals surface area contributed by atoms with Gasteiger partial charge in [-0.2, -0.15) is 0 Å². The van der Waals surface area contributed by atoms with Crippen LogP contribution in [0, 0.1) is 5.82 Å². The molecule has 1 aromatic carbocycles. The first-order valence-electron chi connectivity index (χ1n) is 7.25. The molecule has 120 valence electrons. The molecular weight excluding hydrogens is 309 g/mol. The van der Waals surface area contributed by atoms with Gasteiger partial charge in [-0.05, 0) is 18.7 Å². The van der Waals surface area contributed by atoms with E-state index in [-0.39, 0.29) is 23.0 Å². The van der Waals surface area contributed by atoms with Crippen molar-refractivity contribution in [2.24, 2.45) is 0 Å². The Morgan fingerprint density at radius 3 is 2.55 bits per heavy atom. The van der Waals surface area contributed by atoms with E-state index in [9.17, 15) is 14.0 Å². The van der Waals surface area contributed by atoms with E-state index in [1.54, 1.807) is 4.90 Å². The number of rotatable bonds is 4. The van der Waals surface area contributed by atoms with Crippen LogP contribution in [0.2, 0.25) is 5.02 Å². The van der Waals surface area contributed by atoms with Crippen molar-refractivity contribution >= 4 is 23.4 Å². The summed E-state index contributed by atoms with van der Waals surface area (Å²) in [5.74, 6) is -1.55. The number of nitrogens with one attached hydrogen (secondary N) is 1. The number of nitrogens with zero attached hydrogens (tertiary/aromatic N) is 2. The second-order valence-corrected chi connectivity index (χ2v) is 5.50. The smallest absolute Gasteiger partial charge is 0.256 e. The molecule has 1 aromatic rings. The molecule has 0 unspecified atom stereocenters. The fraction of sp³-hybridized carbons (Fsp3) is 0.467. The topological polar surface area (TPSA) is 52.6 Å². The molecule has 0 aliphatic carbocycles. The molecule has 2 amide bonds. The van der Waals surface area contributed by atoms with Gasteiger partial charge in [-0.1, -0.05) is 24.6 Å². The van der Waals surface area contributed by atoms with Gasteiger partial charge in [0.25, 0.3) is 5.91 Å². The highest BCUT2D eigenvalue weighted by Crippen LogP contribution is 2.18. The molecular formula is C15H19ClFN3O2. The van der Waals surface area contributed by atoms with Gasteiger partial charge < -0.3 is 15.1 Å². The Bertz CT molecular complexity index is 539. The average Bonchev–Trinajstić information content (AvgIpc) is 2.52. The number of piperazine rings is 1. The molecule has 0 radical (unpaired) electrons. The summed E-state index contributed by atoms with van der Waals surface area (Å²) in [4.78, 5) is 28.0. The van der Waals surface area contributed by atoms with Crippen LogP contribution in [0.3, 0.4) is 0 Å². The van der Waals surface area contributed by atoms with Crippen molar-refractivity contribution in [1.29, 1.82) is 0 Å². The molecule has 1 fully saturated rings. The van der Waals surface area contributed by atoms with Crippen LogP contribution in [0.1, 0.15) is 17.3 Å². The van der Waals surface area contributed by atoms with E-state index in [2.05, 4.69) is 17.1 Å². The van der Waals surface area contributed by atoms with Gasteiger partial charge in [0.15, 0.2) is 0 Å². The minimum atomic E-state index is -0.700. The summed E-state index contributed by atoms with van der Waals surface area (Å²) in [7, 11) is 0. The van der Waals surface area contributed by atoms with Gasteiger partial charge in [-0.3, -0.25) is 9.59 Å². The fourth-order valence-electron chi connectivity index (χ4n) is 2.38. The summed E-state index contributed by atoms with van der Waals surface area (Å²) in [6.45, 7) is 5.83. The van der Waals surface area contributed by atoms with E-state index >= 15 is 0 Å². The molecule has 5 nitrogen and oxygen atoms in total. The number of hydrogen-bond acceptors (Lipinski definition) is 3. The van der Waals surface area contributed by atoms with Crippen molar-refractivity contribution in [1.82, 2.24) is 15.1 Å². The van der Waals surface area contributed by atoms with Gasteiger partial charge in [0.05, 0.1) is 17.1 Å². The number of benzene rings is 1. The molecule has 2 rings (SSSR count). The summed E-state index contributed by atoms with van der Waals surface area (Å²) in [6, 6.07) is 4.02.